The number of nitrogens with one attached hydrogen (secondary N) is 1. The molecular formula is C13H16N2O2. The monoisotopic (exact) mass is 232 g/mol. The number of amides is 1. The third-order valence-electron chi connectivity index (χ3n) is 3.45. The van der Waals surface area contributed by atoms with Gasteiger partial charge in [0.15, 0.2) is 0 Å². The molecule has 1 aliphatic heterocycles. The lowest BCUT2D eigenvalue weighted by molar-refractivity contribution is -0.119. The molecular weight excluding hydrogens is 216 g/mol. The van der Waals surface area contributed by atoms with Crippen LogP contribution in [0.15, 0.2) is 24.3 Å². The predicted molar refractivity (Wildman–Crippen MR) is 64.4 cm³/mol. The molecule has 1 saturated heterocycles. The number of hydrogen-bond acceptors (Lipinski definition) is 3. The highest BCUT2D eigenvalue weighted by Crippen LogP contribution is 2.40. The van der Waals surface area contributed by atoms with Gasteiger partial charge in [-0.05, 0) is 24.5 Å². The van der Waals surface area contributed by atoms with Crippen molar-refractivity contribution in [3.63, 3.8) is 0 Å². The second kappa shape index (κ2) is 3.74. The van der Waals surface area contributed by atoms with Gasteiger partial charge >= 0.3 is 0 Å². The van der Waals surface area contributed by atoms with Crippen LogP contribution in [0.3, 0.4) is 0 Å². The summed E-state index contributed by atoms with van der Waals surface area (Å²) in [7, 11) is 0. The van der Waals surface area contributed by atoms with Gasteiger partial charge in [-0.3, -0.25) is 15.2 Å². The number of hydrogen-bond donors (Lipinski definition) is 2. The van der Waals surface area contributed by atoms with E-state index in [0.29, 0.717) is 19.4 Å². The largest absolute Gasteiger partial charge is 0.390 e. The van der Waals surface area contributed by atoms with E-state index in [1.165, 1.54) is 0 Å². The second-order valence-electron chi connectivity index (χ2n) is 4.97. The van der Waals surface area contributed by atoms with Gasteiger partial charge in [-0.1, -0.05) is 18.2 Å². The van der Waals surface area contributed by atoms with Gasteiger partial charge in [-0.2, -0.15) is 0 Å². The highest BCUT2D eigenvalue weighted by Gasteiger charge is 2.41. The minimum absolute atomic E-state index is 0.0601. The van der Waals surface area contributed by atoms with Crippen LogP contribution >= 0.6 is 0 Å². The van der Waals surface area contributed by atoms with Crippen molar-refractivity contribution in [2.45, 2.75) is 31.3 Å². The lowest BCUT2D eigenvalue weighted by atomic mass is 10.0. The minimum Gasteiger partial charge on any atom is -0.390 e. The molecule has 90 valence electrons. The number of anilines is 1. The van der Waals surface area contributed by atoms with Crippen LogP contribution < -0.4 is 10.4 Å². The number of para-hydroxylation sites is 1. The van der Waals surface area contributed by atoms with Gasteiger partial charge in [0.05, 0.1) is 11.3 Å². The van der Waals surface area contributed by atoms with Gasteiger partial charge in [-0.25, -0.2) is 0 Å². The van der Waals surface area contributed by atoms with Crippen LogP contribution in [0.4, 0.5) is 5.69 Å². The Labute approximate surface area is 100 Å². The zero-order valence-corrected chi connectivity index (χ0v) is 9.65. The first-order chi connectivity index (χ1) is 8.16. The molecule has 2 N–H and O–H groups in total. The van der Waals surface area contributed by atoms with Crippen molar-refractivity contribution < 1.29 is 9.90 Å². The second-order valence-corrected chi connectivity index (χ2v) is 4.97. The quantitative estimate of drug-likeness (QED) is 0.817. The maximum absolute atomic E-state index is 11.2. The van der Waals surface area contributed by atoms with Gasteiger partial charge in [0, 0.05) is 19.4 Å². The fourth-order valence-corrected chi connectivity index (χ4v) is 2.26. The summed E-state index contributed by atoms with van der Waals surface area (Å²) in [6, 6.07) is 7.95. The Morgan fingerprint density at radius 3 is 2.76 bits per heavy atom. The average molecular weight is 232 g/mol. The Hall–Kier alpha value is -1.55. The maximum Gasteiger partial charge on any atom is 0.240 e. The number of carbonyl (C=O) groups excluding carboxylic acids is 1. The van der Waals surface area contributed by atoms with E-state index < -0.39 is 5.60 Å². The van der Waals surface area contributed by atoms with E-state index in [-0.39, 0.29) is 5.91 Å². The maximum atomic E-state index is 11.2. The minimum atomic E-state index is -0.500. The van der Waals surface area contributed by atoms with E-state index in [1.54, 1.807) is 0 Å². The molecule has 0 atom stereocenters. The normalized spacial score (nSPS) is 21.5. The summed E-state index contributed by atoms with van der Waals surface area (Å²) in [6.07, 6.45) is 2.98. The first kappa shape index (κ1) is 10.6. The average Bonchev–Trinajstić information content (AvgIpc) is 2.87. The molecule has 4 nitrogen and oxygen atoms in total. The Morgan fingerprint density at radius 2 is 2.12 bits per heavy atom. The third-order valence-corrected chi connectivity index (χ3v) is 3.45. The van der Waals surface area contributed by atoms with E-state index in [9.17, 15) is 9.90 Å². The molecule has 1 heterocycles. The summed E-state index contributed by atoms with van der Waals surface area (Å²) >= 11 is 0. The lowest BCUT2D eigenvalue weighted by Crippen LogP contribution is -2.34. The van der Waals surface area contributed by atoms with Crippen molar-refractivity contribution >= 4 is 11.6 Å². The number of aliphatic hydroxyl groups is 1. The first-order valence-electron chi connectivity index (χ1n) is 6.04. The Bertz CT molecular complexity index is 454. The smallest absolute Gasteiger partial charge is 0.240 e. The van der Waals surface area contributed by atoms with E-state index >= 15 is 0 Å². The van der Waals surface area contributed by atoms with E-state index in [1.807, 2.05) is 29.3 Å². The first-order valence-corrected chi connectivity index (χ1v) is 6.04. The molecule has 17 heavy (non-hydrogen) atoms. The molecule has 2 fully saturated rings. The molecule has 1 saturated carbocycles. The predicted octanol–water partition coefficient (Wildman–Crippen LogP) is 0.995. The summed E-state index contributed by atoms with van der Waals surface area (Å²) in [5.74, 6) is 0.0601. The molecule has 0 radical (unpaired) electrons. The number of hydrazine groups is 1. The summed E-state index contributed by atoms with van der Waals surface area (Å²) in [4.78, 5) is 11.2. The molecule has 2 aliphatic rings. The highest BCUT2D eigenvalue weighted by molar-refractivity contribution is 5.82. The number of benzene rings is 1. The van der Waals surface area contributed by atoms with Crippen molar-refractivity contribution in [3.8, 4) is 0 Å². The highest BCUT2D eigenvalue weighted by atomic mass is 16.3. The summed E-state index contributed by atoms with van der Waals surface area (Å²) in [5, 5.41) is 11.9. The lowest BCUT2D eigenvalue weighted by Gasteiger charge is -2.22. The SMILES string of the molecule is O=C1CCN(c2ccccc2CC2(O)CC2)N1. The summed E-state index contributed by atoms with van der Waals surface area (Å²) in [6.45, 7) is 0.703. The topological polar surface area (TPSA) is 52.6 Å². The van der Waals surface area contributed by atoms with Crippen molar-refractivity contribution in [2.24, 2.45) is 0 Å². The Kier molecular flexibility index (Phi) is 2.33. The van der Waals surface area contributed by atoms with Crippen molar-refractivity contribution in [1.82, 2.24) is 5.43 Å². The van der Waals surface area contributed by atoms with E-state index in [0.717, 1.165) is 24.1 Å². The Balaban J connectivity index is 1.85. The molecule has 0 unspecified atom stereocenters. The van der Waals surface area contributed by atoms with Crippen molar-refractivity contribution in [3.05, 3.63) is 29.8 Å². The van der Waals surface area contributed by atoms with Crippen LogP contribution in [-0.2, 0) is 11.2 Å². The molecule has 0 bridgehead atoms. The van der Waals surface area contributed by atoms with Crippen LogP contribution in [-0.4, -0.2) is 23.2 Å². The number of rotatable bonds is 3. The van der Waals surface area contributed by atoms with E-state index in [2.05, 4.69) is 5.43 Å². The zero-order valence-electron chi connectivity index (χ0n) is 9.65. The molecule has 1 aromatic carbocycles. The van der Waals surface area contributed by atoms with Crippen molar-refractivity contribution in [1.29, 1.82) is 0 Å². The number of nitrogens with zero attached hydrogens (tertiary/aromatic N) is 1. The fraction of sp³-hybridized carbons (Fsp3) is 0.462. The van der Waals surface area contributed by atoms with Gasteiger partial charge in [0.25, 0.3) is 0 Å². The van der Waals surface area contributed by atoms with Crippen LogP contribution in [0.25, 0.3) is 0 Å². The van der Waals surface area contributed by atoms with Crippen LogP contribution in [0.5, 0.6) is 0 Å². The molecule has 3 rings (SSSR count). The third kappa shape index (κ3) is 2.13. The summed E-state index contributed by atoms with van der Waals surface area (Å²) in [5.41, 5.74) is 4.45. The zero-order chi connectivity index (χ0) is 11.9. The molecule has 0 aromatic heterocycles. The fourth-order valence-electron chi connectivity index (χ4n) is 2.26. The van der Waals surface area contributed by atoms with Gasteiger partial charge in [0.1, 0.15) is 0 Å². The van der Waals surface area contributed by atoms with Gasteiger partial charge in [-0.15, -0.1) is 0 Å². The van der Waals surface area contributed by atoms with Gasteiger partial charge < -0.3 is 5.11 Å². The molecule has 0 spiro atoms. The van der Waals surface area contributed by atoms with Gasteiger partial charge in [0.2, 0.25) is 5.91 Å². The number of carbonyl (C=O) groups is 1. The van der Waals surface area contributed by atoms with Crippen LogP contribution in [0.2, 0.25) is 0 Å². The van der Waals surface area contributed by atoms with E-state index in [4.69, 9.17) is 0 Å². The van der Waals surface area contributed by atoms with Crippen LogP contribution in [0, 0.1) is 0 Å². The molecule has 1 aromatic rings. The van der Waals surface area contributed by atoms with Crippen LogP contribution in [0.1, 0.15) is 24.8 Å². The summed E-state index contributed by atoms with van der Waals surface area (Å²) < 4.78 is 0. The molecule has 4 heteroatoms. The van der Waals surface area contributed by atoms with Crippen molar-refractivity contribution in [2.75, 3.05) is 11.6 Å². The molecule has 1 aliphatic carbocycles. The molecule has 1 amide bonds. The Morgan fingerprint density at radius 1 is 1.35 bits per heavy atom. The standard InChI is InChI=1S/C13H16N2O2/c16-12-5-8-15(14-12)11-4-2-1-3-10(11)9-13(17)6-7-13/h1-4,17H,5-9H2,(H,14,16).